The van der Waals surface area contributed by atoms with E-state index >= 15 is 0 Å². The highest BCUT2D eigenvalue weighted by Crippen LogP contribution is 2.39. The number of aromatic nitrogens is 1. The Hall–Kier alpha value is -4.84. The maximum Gasteiger partial charge on any atom is 0.350 e. The molecule has 1 aliphatic carbocycles. The third-order valence-electron chi connectivity index (χ3n) is 9.25. The maximum absolute atomic E-state index is 13.6. The van der Waals surface area contributed by atoms with Gasteiger partial charge in [-0.15, -0.1) is 22.7 Å². The first-order valence-corrected chi connectivity index (χ1v) is 20.2. The number of phenolic OH excluding ortho intramolecular Hbond substituents is 1. The summed E-state index contributed by atoms with van der Waals surface area (Å²) in [5.74, 6) is -0.724. The van der Waals surface area contributed by atoms with Gasteiger partial charge in [0.05, 0.1) is 20.6 Å². The second kappa shape index (κ2) is 19.7. The second-order valence-corrected chi connectivity index (χ2v) is 15.9. The van der Waals surface area contributed by atoms with Gasteiger partial charge < -0.3 is 45.7 Å². The van der Waals surface area contributed by atoms with Crippen LogP contribution in [0.4, 0.5) is 0 Å². The Kier molecular flexibility index (Phi) is 14.8. The smallest absolute Gasteiger partial charge is 0.350 e. The van der Waals surface area contributed by atoms with E-state index in [-0.39, 0.29) is 35.5 Å². The van der Waals surface area contributed by atoms with Crippen LogP contribution in [0.2, 0.25) is 0 Å². The number of ether oxygens (including phenoxy) is 1. The molecule has 3 aromatic heterocycles. The number of fused-ring (bicyclic) bond motifs is 1. The van der Waals surface area contributed by atoms with Gasteiger partial charge in [0.1, 0.15) is 17.4 Å². The minimum absolute atomic E-state index is 0.0341. The average Bonchev–Trinajstić information content (AvgIpc) is 3.96. The van der Waals surface area contributed by atoms with Crippen molar-refractivity contribution in [1.82, 2.24) is 20.5 Å². The Morgan fingerprint density at radius 2 is 1.78 bits per heavy atom. The molecule has 5 aromatic rings. The zero-order valence-electron chi connectivity index (χ0n) is 30.1. The average molecular weight is 809 g/mol. The monoisotopic (exact) mass is 808 g/mol. The van der Waals surface area contributed by atoms with E-state index in [9.17, 15) is 29.7 Å². The number of aromatic amines is 1. The lowest BCUT2D eigenvalue weighted by Gasteiger charge is -2.34. The molecule has 1 aliphatic rings. The largest absolute Gasteiger partial charge is 0.506 e. The minimum atomic E-state index is -1.86. The lowest BCUT2D eigenvalue weighted by Crippen LogP contribution is -2.41. The number of carbonyl (C=O) groups excluding carboxylic acids is 2. The Morgan fingerprint density at radius 3 is 2.42 bits per heavy atom. The molecule has 16 heteroatoms. The van der Waals surface area contributed by atoms with Crippen LogP contribution >= 0.6 is 34.0 Å². The summed E-state index contributed by atoms with van der Waals surface area (Å²) in [6.07, 6.45) is 5.97. The summed E-state index contributed by atoms with van der Waals surface area (Å²) in [5.41, 5.74) is 0.547. The fourth-order valence-corrected chi connectivity index (χ4v) is 8.70. The van der Waals surface area contributed by atoms with Crippen molar-refractivity contribution in [2.45, 2.75) is 43.5 Å². The predicted molar refractivity (Wildman–Crippen MR) is 214 cm³/mol. The summed E-state index contributed by atoms with van der Waals surface area (Å²) in [7, 11) is 1.89. The second-order valence-electron chi connectivity index (χ2n) is 13.0. The fraction of sp³-hybridized carbons (Fsp3) is 0.333. The van der Waals surface area contributed by atoms with Crippen LogP contribution in [0.3, 0.4) is 0 Å². The van der Waals surface area contributed by atoms with Gasteiger partial charge in [-0.2, -0.15) is 0 Å². The highest BCUT2D eigenvalue weighted by molar-refractivity contribution is 7.16. The molecule has 292 valence electrons. The number of carbonyl (C=O) groups is 3. The number of thiazole rings is 1. The number of amides is 1. The van der Waals surface area contributed by atoms with E-state index in [1.54, 1.807) is 24.3 Å². The van der Waals surface area contributed by atoms with E-state index in [0.717, 1.165) is 36.2 Å². The molecule has 2 aromatic carbocycles. The van der Waals surface area contributed by atoms with E-state index in [1.807, 2.05) is 65.3 Å². The van der Waals surface area contributed by atoms with E-state index in [2.05, 4.69) is 15.6 Å². The molecule has 55 heavy (non-hydrogen) atoms. The fourth-order valence-electron chi connectivity index (χ4n) is 6.07. The highest BCUT2D eigenvalue weighted by atomic mass is 32.1. The number of aliphatic hydroxyl groups excluding tert-OH is 1. The van der Waals surface area contributed by atoms with Crippen LogP contribution in [0, 0.1) is 5.92 Å². The van der Waals surface area contributed by atoms with Crippen molar-refractivity contribution in [2.24, 2.45) is 5.92 Å². The van der Waals surface area contributed by atoms with Crippen LogP contribution < -0.4 is 15.5 Å². The van der Waals surface area contributed by atoms with Crippen molar-refractivity contribution < 1.29 is 39.5 Å². The number of nitrogens with one attached hydrogen (secondary N) is 3. The Morgan fingerprint density at radius 1 is 1.07 bits per heavy atom. The van der Waals surface area contributed by atoms with Gasteiger partial charge in [0.25, 0.3) is 12.4 Å². The Bertz CT molecular complexity index is 2060. The van der Waals surface area contributed by atoms with Gasteiger partial charge >= 0.3 is 10.8 Å². The molecular formula is C39H44N4O9S3. The van der Waals surface area contributed by atoms with E-state index in [0.29, 0.717) is 57.2 Å². The van der Waals surface area contributed by atoms with Crippen molar-refractivity contribution in [3.8, 4) is 5.75 Å². The number of esters is 1. The Labute approximate surface area is 329 Å². The van der Waals surface area contributed by atoms with Crippen molar-refractivity contribution >= 4 is 62.6 Å². The molecular weight excluding hydrogens is 765 g/mol. The summed E-state index contributed by atoms with van der Waals surface area (Å²) in [5, 5.41) is 49.2. The molecule has 7 N–H and O–H groups in total. The first-order valence-electron chi connectivity index (χ1n) is 17.6. The van der Waals surface area contributed by atoms with Gasteiger partial charge in [-0.25, -0.2) is 4.79 Å². The molecule has 3 heterocycles. The van der Waals surface area contributed by atoms with Crippen LogP contribution in [0.25, 0.3) is 10.2 Å². The molecule has 2 unspecified atom stereocenters. The van der Waals surface area contributed by atoms with Gasteiger partial charge in [0, 0.05) is 37.8 Å². The number of likely N-dealkylation sites (N-methyl/N-ethyl adjacent to an activating group) is 1. The van der Waals surface area contributed by atoms with Gasteiger partial charge in [-0.3, -0.25) is 14.4 Å². The molecule has 1 saturated carbocycles. The van der Waals surface area contributed by atoms with Crippen LogP contribution in [-0.4, -0.2) is 88.0 Å². The lowest BCUT2D eigenvalue weighted by molar-refractivity contribution is -0.168. The lowest BCUT2D eigenvalue weighted by atomic mass is 9.81. The molecule has 1 fully saturated rings. The van der Waals surface area contributed by atoms with Crippen molar-refractivity contribution in [2.75, 3.05) is 33.2 Å². The number of hydrogen-bond acceptors (Lipinski definition) is 13. The summed E-state index contributed by atoms with van der Waals surface area (Å²) in [4.78, 5) is 52.0. The number of aliphatic hydroxyl groups is 2. The van der Waals surface area contributed by atoms with E-state index in [4.69, 9.17) is 14.6 Å². The maximum atomic E-state index is 13.6. The first kappa shape index (κ1) is 41.3. The number of nitrogens with zero attached hydrogens (tertiary/aromatic N) is 1. The first-order chi connectivity index (χ1) is 26.5. The predicted octanol–water partition coefficient (Wildman–Crippen LogP) is 4.81. The number of hydrogen-bond donors (Lipinski definition) is 7. The molecule has 0 radical (unpaired) electrons. The molecule has 1 amide bonds. The molecule has 0 saturated heterocycles. The quantitative estimate of drug-likeness (QED) is 0.0386. The number of rotatable bonds is 17. The number of phenols is 1. The molecule has 2 atom stereocenters. The van der Waals surface area contributed by atoms with E-state index < -0.39 is 23.8 Å². The molecule has 0 aliphatic heterocycles. The van der Waals surface area contributed by atoms with Crippen LogP contribution in [0.1, 0.15) is 56.6 Å². The molecule has 0 bridgehead atoms. The number of benzene rings is 2. The third-order valence-corrected chi connectivity index (χ3v) is 12.1. The van der Waals surface area contributed by atoms with Crippen LogP contribution in [-0.2, 0) is 26.3 Å². The highest BCUT2D eigenvalue weighted by Gasteiger charge is 2.45. The number of carboxylic acid groups (broad SMARTS) is 1. The van der Waals surface area contributed by atoms with Gasteiger partial charge in [-0.05, 0) is 90.7 Å². The summed E-state index contributed by atoms with van der Waals surface area (Å²) < 4.78 is 6.56. The number of H-pyrrole nitrogens is 1. The zero-order chi connectivity index (χ0) is 39.4. The molecule has 13 nitrogen and oxygen atoms in total. The van der Waals surface area contributed by atoms with Crippen molar-refractivity contribution in [3.63, 3.8) is 0 Å². The van der Waals surface area contributed by atoms with Crippen LogP contribution in [0.5, 0.6) is 5.75 Å². The van der Waals surface area contributed by atoms with Crippen molar-refractivity contribution in [1.29, 1.82) is 0 Å². The number of thiophene rings is 2. The van der Waals surface area contributed by atoms with E-state index in [1.165, 1.54) is 28.7 Å². The molecule has 0 spiro atoms. The normalized spacial score (nSPS) is 14.1. The van der Waals surface area contributed by atoms with Gasteiger partial charge in [0.15, 0.2) is 0 Å². The van der Waals surface area contributed by atoms with Crippen LogP contribution in [0.15, 0.2) is 88.5 Å². The zero-order valence-corrected chi connectivity index (χ0v) is 32.5. The summed E-state index contributed by atoms with van der Waals surface area (Å²) in [6, 6.07) is 17.6. The third kappa shape index (κ3) is 10.5. The standard InChI is InChI=1S/C38H42N4O7S3.CH2O2/c1-42(18-15-30(25-7-3-8-25)49-36(46)38(48,31-10-4-20-50-31)32-11-5-21-51-32)19-17-40-35(45)26-9-2-6-24(22-26)14-16-39-23-29(44)27-12-13-28(43)33-34(27)52-37(47)41-33;2-1-3/h2,4-6,9-13,15,18,20-22,25,29-30,39,43-44,48H,3,7-8,14,16-17,19,23H2,1H3,(H,40,45)(H,41,47);1H,(H,2,3)/b18-15+;. The van der Waals surface area contributed by atoms with Crippen molar-refractivity contribution in [3.05, 3.63) is 120 Å². The Balaban J connectivity index is 0.00000187. The van der Waals surface area contributed by atoms with Gasteiger partial charge in [-0.1, -0.05) is 48.1 Å². The summed E-state index contributed by atoms with van der Waals surface area (Å²) >= 11 is 3.58. The summed E-state index contributed by atoms with van der Waals surface area (Å²) in [6.45, 7) is 1.49. The SMILES string of the molecule is CN(/C=C/C(OC(=O)C(O)(c1cccs1)c1cccs1)C1CCC1)CCNC(=O)c1cccc(CCNCC(O)c2ccc(O)c3[nH]c(=O)sc23)c1.O=CO. The van der Waals surface area contributed by atoms with Gasteiger partial charge in [0.2, 0.25) is 5.60 Å². The number of aromatic hydroxyl groups is 1. The minimum Gasteiger partial charge on any atom is -0.506 e. The topological polar surface area (TPSA) is 202 Å². The molecule has 6 rings (SSSR count).